The number of quaternary nitrogens is 1. The van der Waals surface area contributed by atoms with Crippen molar-refractivity contribution in [3.63, 3.8) is 0 Å². The second-order valence-corrected chi connectivity index (χ2v) is 7.44. The van der Waals surface area contributed by atoms with Crippen molar-refractivity contribution in [3.05, 3.63) is 28.2 Å². The summed E-state index contributed by atoms with van der Waals surface area (Å²) >= 11 is 7.33. The molecule has 0 radical (unpaired) electrons. The molecule has 1 fully saturated rings. The SMILES string of the molecule is CC[NH+](Cn1c(=S)sc2ccccc21)C1CCCCC1. The largest absolute Gasteiger partial charge is 0.315 e. The van der Waals surface area contributed by atoms with E-state index in [1.165, 1.54) is 48.9 Å². The second kappa shape index (κ2) is 6.37. The first-order chi connectivity index (χ1) is 9.79. The average molecular weight is 308 g/mol. The zero-order chi connectivity index (χ0) is 13.9. The van der Waals surface area contributed by atoms with Crippen LogP contribution >= 0.6 is 23.6 Å². The summed E-state index contributed by atoms with van der Waals surface area (Å²) in [6.45, 7) is 4.53. The molecule has 3 rings (SSSR count). The third-order valence-corrected chi connectivity index (χ3v) is 6.00. The Morgan fingerprint density at radius 3 is 2.75 bits per heavy atom. The second-order valence-electron chi connectivity index (χ2n) is 5.77. The molecule has 1 aromatic carbocycles. The fraction of sp³-hybridized carbons (Fsp3) is 0.562. The Labute approximate surface area is 130 Å². The van der Waals surface area contributed by atoms with Gasteiger partial charge in [0.1, 0.15) is 0 Å². The summed E-state index contributed by atoms with van der Waals surface area (Å²) in [5, 5.41) is 0. The minimum atomic E-state index is 0.828. The summed E-state index contributed by atoms with van der Waals surface area (Å²) in [5.41, 5.74) is 1.31. The molecule has 1 aliphatic carbocycles. The first kappa shape index (κ1) is 14.2. The molecule has 4 heteroatoms. The lowest BCUT2D eigenvalue weighted by Crippen LogP contribution is -3.15. The molecule has 0 amide bonds. The van der Waals surface area contributed by atoms with E-state index in [1.807, 2.05) is 0 Å². The van der Waals surface area contributed by atoms with Crippen LogP contribution in [0.25, 0.3) is 10.2 Å². The molecule has 2 nitrogen and oxygen atoms in total. The first-order valence-electron chi connectivity index (χ1n) is 7.72. The minimum absolute atomic E-state index is 0.828. The van der Waals surface area contributed by atoms with Crippen LogP contribution in [0.2, 0.25) is 0 Å². The van der Waals surface area contributed by atoms with Crippen LogP contribution in [0.5, 0.6) is 0 Å². The van der Waals surface area contributed by atoms with E-state index in [1.54, 1.807) is 16.2 Å². The van der Waals surface area contributed by atoms with Gasteiger partial charge in [0, 0.05) is 0 Å². The molecule has 20 heavy (non-hydrogen) atoms. The van der Waals surface area contributed by atoms with Crippen molar-refractivity contribution in [2.45, 2.75) is 51.7 Å². The highest BCUT2D eigenvalue weighted by atomic mass is 32.1. The van der Waals surface area contributed by atoms with Gasteiger partial charge in [-0.05, 0) is 57.0 Å². The lowest BCUT2D eigenvalue weighted by Gasteiger charge is -2.30. The van der Waals surface area contributed by atoms with Gasteiger partial charge in [-0.2, -0.15) is 0 Å². The molecule has 1 heterocycles. The molecule has 0 spiro atoms. The Kier molecular flexibility index (Phi) is 4.54. The molecule has 1 N–H and O–H groups in total. The summed E-state index contributed by atoms with van der Waals surface area (Å²) in [6.07, 6.45) is 7.01. The Hall–Kier alpha value is -0.710. The van der Waals surface area contributed by atoms with Crippen LogP contribution in [0.15, 0.2) is 24.3 Å². The number of thiazole rings is 1. The van der Waals surface area contributed by atoms with Crippen LogP contribution in [-0.2, 0) is 6.67 Å². The molecule has 1 unspecified atom stereocenters. The van der Waals surface area contributed by atoms with Crippen molar-refractivity contribution in [2.75, 3.05) is 6.54 Å². The van der Waals surface area contributed by atoms with E-state index >= 15 is 0 Å². The van der Waals surface area contributed by atoms with E-state index in [-0.39, 0.29) is 0 Å². The van der Waals surface area contributed by atoms with Crippen molar-refractivity contribution < 1.29 is 4.90 Å². The minimum Gasteiger partial charge on any atom is -0.315 e. The maximum absolute atomic E-state index is 5.59. The zero-order valence-electron chi connectivity index (χ0n) is 12.1. The van der Waals surface area contributed by atoms with Gasteiger partial charge in [-0.1, -0.05) is 18.6 Å². The third kappa shape index (κ3) is 2.83. The van der Waals surface area contributed by atoms with Crippen LogP contribution in [0.3, 0.4) is 0 Å². The lowest BCUT2D eigenvalue weighted by molar-refractivity contribution is -0.946. The highest BCUT2D eigenvalue weighted by Crippen LogP contribution is 2.22. The highest BCUT2D eigenvalue weighted by molar-refractivity contribution is 7.73. The molecule has 108 valence electrons. The molecule has 1 aromatic heterocycles. The van der Waals surface area contributed by atoms with Crippen molar-refractivity contribution >= 4 is 33.8 Å². The number of aromatic nitrogens is 1. The number of hydrogen-bond acceptors (Lipinski definition) is 2. The van der Waals surface area contributed by atoms with E-state index in [0.29, 0.717) is 0 Å². The van der Waals surface area contributed by atoms with Crippen molar-refractivity contribution in [2.24, 2.45) is 0 Å². The number of nitrogens with zero attached hydrogens (tertiary/aromatic N) is 1. The van der Waals surface area contributed by atoms with Gasteiger partial charge in [0.25, 0.3) is 0 Å². The maximum Gasteiger partial charge on any atom is 0.166 e. The molecule has 0 aliphatic heterocycles. The normalized spacial score (nSPS) is 18.4. The predicted molar refractivity (Wildman–Crippen MR) is 89.0 cm³/mol. The summed E-state index contributed by atoms with van der Waals surface area (Å²) < 4.78 is 4.69. The summed E-state index contributed by atoms with van der Waals surface area (Å²) in [6, 6.07) is 9.43. The van der Waals surface area contributed by atoms with Gasteiger partial charge in [0.15, 0.2) is 10.6 Å². The van der Waals surface area contributed by atoms with Crippen LogP contribution < -0.4 is 4.90 Å². The number of benzene rings is 1. The van der Waals surface area contributed by atoms with Gasteiger partial charge in [0.2, 0.25) is 0 Å². The molecule has 0 bridgehead atoms. The number of hydrogen-bond donors (Lipinski definition) is 1. The van der Waals surface area contributed by atoms with Crippen LogP contribution in [0, 0.1) is 3.95 Å². The summed E-state index contributed by atoms with van der Waals surface area (Å²) in [4.78, 5) is 1.70. The van der Waals surface area contributed by atoms with E-state index in [9.17, 15) is 0 Å². The van der Waals surface area contributed by atoms with Gasteiger partial charge >= 0.3 is 0 Å². The molecular formula is C16H23N2S2+. The van der Waals surface area contributed by atoms with E-state index < -0.39 is 0 Å². The Morgan fingerprint density at radius 1 is 1.25 bits per heavy atom. The Balaban J connectivity index is 1.87. The van der Waals surface area contributed by atoms with Crippen molar-refractivity contribution in [3.8, 4) is 0 Å². The monoisotopic (exact) mass is 307 g/mol. The zero-order valence-corrected chi connectivity index (χ0v) is 13.7. The molecule has 0 saturated heterocycles. The maximum atomic E-state index is 5.59. The van der Waals surface area contributed by atoms with Gasteiger partial charge in [-0.25, -0.2) is 0 Å². The number of para-hydroxylation sites is 1. The van der Waals surface area contributed by atoms with Crippen molar-refractivity contribution in [1.82, 2.24) is 4.57 Å². The van der Waals surface area contributed by atoms with Gasteiger partial charge in [-0.15, -0.1) is 11.3 Å². The van der Waals surface area contributed by atoms with E-state index in [0.717, 1.165) is 16.7 Å². The topological polar surface area (TPSA) is 9.37 Å². The third-order valence-electron chi connectivity index (χ3n) is 4.57. The summed E-state index contributed by atoms with van der Waals surface area (Å²) in [5.74, 6) is 0. The number of rotatable bonds is 4. The smallest absolute Gasteiger partial charge is 0.166 e. The molecule has 1 aliphatic rings. The molecule has 2 aromatic rings. The van der Waals surface area contributed by atoms with Crippen LogP contribution in [0.1, 0.15) is 39.0 Å². The number of fused-ring (bicyclic) bond motifs is 1. The van der Waals surface area contributed by atoms with Crippen molar-refractivity contribution in [1.29, 1.82) is 0 Å². The van der Waals surface area contributed by atoms with Gasteiger partial charge < -0.3 is 4.90 Å². The van der Waals surface area contributed by atoms with Crippen LogP contribution in [-0.4, -0.2) is 17.2 Å². The fourth-order valence-corrected chi connectivity index (χ4v) is 4.73. The lowest BCUT2D eigenvalue weighted by atomic mass is 9.94. The first-order valence-corrected chi connectivity index (χ1v) is 8.95. The standard InChI is InChI=1S/C16H22N2S2/c1-2-17(13-8-4-3-5-9-13)12-18-14-10-6-7-11-15(14)20-16(18)19/h6-7,10-11,13H,2-5,8-9,12H2,1H3/p+1. The highest BCUT2D eigenvalue weighted by Gasteiger charge is 2.24. The Morgan fingerprint density at radius 2 is 2.00 bits per heavy atom. The molecule has 1 saturated carbocycles. The van der Waals surface area contributed by atoms with Crippen LogP contribution in [0.4, 0.5) is 0 Å². The van der Waals surface area contributed by atoms with E-state index in [4.69, 9.17) is 12.2 Å². The number of nitrogens with one attached hydrogen (secondary N) is 1. The Bertz CT molecular complexity index is 623. The molecular weight excluding hydrogens is 284 g/mol. The predicted octanol–water partition coefficient (Wildman–Crippen LogP) is 3.63. The van der Waals surface area contributed by atoms with Gasteiger partial charge in [-0.3, -0.25) is 4.57 Å². The van der Waals surface area contributed by atoms with E-state index in [2.05, 4.69) is 35.8 Å². The fourth-order valence-electron chi connectivity index (χ4n) is 3.41. The van der Waals surface area contributed by atoms with Gasteiger partial charge in [0.05, 0.1) is 22.8 Å². The molecule has 1 atom stereocenters. The quantitative estimate of drug-likeness (QED) is 0.849. The summed E-state index contributed by atoms with van der Waals surface area (Å²) in [7, 11) is 0. The average Bonchev–Trinajstić information content (AvgIpc) is 2.81.